The number of fused-ring (bicyclic) bond motifs is 3. The van der Waals surface area contributed by atoms with Gasteiger partial charge in [-0.25, -0.2) is 0 Å². The summed E-state index contributed by atoms with van der Waals surface area (Å²) in [6, 6.07) is 16.0. The largest absolute Gasteiger partial charge is 0.0933 e. The lowest BCUT2D eigenvalue weighted by atomic mass is 9.85. The fraction of sp³-hybridized carbons (Fsp3) is 0.259. The Bertz CT molecular complexity index is 1010. The first kappa shape index (κ1) is 17.8. The molecular formula is C27H26S. The third kappa shape index (κ3) is 3.12. The highest BCUT2D eigenvalue weighted by molar-refractivity contribution is 8.03. The maximum absolute atomic E-state index is 2.42. The van der Waals surface area contributed by atoms with E-state index < -0.39 is 0 Å². The van der Waals surface area contributed by atoms with E-state index >= 15 is 0 Å². The van der Waals surface area contributed by atoms with Crippen molar-refractivity contribution in [1.82, 2.24) is 0 Å². The Balaban J connectivity index is 1.38. The number of benzene rings is 2. The smallest absolute Gasteiger partial charge is 0.0199 e. The summed E-state index contributed by atoms with van der Waals surface area (Å²) in [6.07, 6.45) is 16.2. The second kappa shape index (κ2) is 7.29. The third-order valence-electron chi connectivity index (χ3n) is 6.19. The minimum absolute atomic E-state index is 0.481. The summed E-state index contributed by atoms with van der Waals surface area (Å²) in [4.78, 5) is 3.03. The number of allylic oxidation sites excluding steroid dienone is 8. The highest BCUT2D eigenvalue weighted by Gasteiger charge is 2.31. The Morgan fingerprint density at radius 1 is 0.964 bits per heavy atom. The number of hydrogen-bond donors (Lipinski definition) is 0. The molecule has 0 saturated heterocycles. The van der Waals surface area contributed by atoms with E-state index in [2.05, 4.69) is 92.8 Å². The summed E-state index contributed by atoms with van der Waals surface area (Å²) in [5.41, 5.74) is 7.12. The maximum atomic E-state index is 2.42. The molecule has 5 rings (SSSR count). The van der Waals surface area contributed by atoms with Gasteiger partial charge in [-0.15, -0.1) is 0 Å². The Kier molecular flexibility index (Phi) is 4.64. The van der Waals surface area contributed by atoms with Gasteiger partial charge in [-0.2, -0.15) is 0 Å². The van der Waals surface area contributed by atoms with E-state index in [0.29, 0.717) is 17.8 Å². The first-order chi connectivity index (χ1) is 13.7. The number of hydrogen-bond acceptors (Lipinski definition) is 1. The minimum Gasteiger partial charge on any atom is -0.0933 e. The molecule has 2 atom stereocenters. The average molecular weight is 383 g/mol. The fourth-order valence-electron chi connectivity index (χ4n) is 4.50. The van der Waals surface area contributed by atoms with Gasteiger partial charge in [0.25, 0.3) is 0 Å². The van der Waals surface area contributed by atoms with Gasteiger partial charge < -0.3 is 0 Å². The lowest BCUT2D eigenvalue weighted by molar-refractivity contribution is 0.800. The Morgan fingerprint density at radius 2 is 1.79 bits per heavy atom. The molecule has 1 aliphatic heterocycles. The van der Waals surface area contributed by atoms with Crippen molar-refractivity contribution in [3.63, 3.8) is 0 Å². The van der Waals surface area contributed by atoms with Crippen LogP contribution in [0.5, 0.6) is 0 Å². The van der Waals surface area contributed by atoms with Crippen molar-refractivity contribution in [2.45, 2.75) is 49.3 Å². The molecule has 2 aromatic rings. The maximum Gasteiger partial charge on any atom is 0.0199 e. The van der Waals surface area contributed by atoms with Gasteiger partial charge in [0.15, 0.2) is 0 Å². The molecule has 0 fully saturated rings. The monoisotopic (exact) mass is 382 g/mol. The molecule has 1 heteroatoms. The van der Waals surface area contributed by atoms with Gasteiger partial charge in [0, 0.05) is 16.7 Å². The van der Waals surface area contributed by atoms with E-state index in [9.17, 15) is 0 Å². The normalized spacial score (nSPS) is 22.7. The first-order valence-corrected chi connectivity index (χ1v) is 11.2. The van der Waals surface area contributed by atoms with Gasteiger partial charge in [0.2, 0.25) is 0 Å². The summed E-state index contributed by atoms with van der Waals surface area (Å²) >= 11 is 2.00. The minimum atomic E-state index is 0.481. The van der Waals surface area contributed by atoms with Crippen LogP contribution in [0, 0.1) is 0 Å². The molecule has 0 N–H and O–H groups in total. The zero-order chi connectivity index (χ0) is 19.1. The molecule has 1 heterocycles. The topological polar surface area (TPSA) is 0 Å². The number of rotatable bonds is 3. The molecule has 0 bridgehead atoms. The van der Waals surface area contributed by atoms with Crippen molar-refractivity contribution in [3.8, 4) is 0 Å². The standard InChI is InChI=1S/C27H26S/c1-18(2)19-10-12-20(13-11-19)21-14-16-22(17-15-21)23-7-5-8-25-24-6-3-4-9-26(24)28-27(23)25/h3-5,7-16,18,22,24H,6,17H2,1-2H3. The van der Waals surface area contributed by atoms with Crippen molar-refractivity contribution in [2.24, 2.45) is 0 Å². The van der Waals surface area contributed by atoms with E-state index in [0.717, 1.165) is 12.8 Å². The molecule has 0 amide bonds. The van der Waals surface area contributed by atoms with E-state index in [1.807, 2.05) is 11.8 Å². The molecule has 2 unspecified atom stereocenters. The summed E-state index contributed by atoms with van der Waals surface area (Å²) < 4.78 is 0. The predicted molar refractivity (Wildman–Crippen MR) is 122 cm³/mol. The van der Waals surface area contributed by atoms with Crippen LogP contribution >= 0.6 is 11.8 Å². The van der Waals surface area contributed by atoms with Gasteiger partial charge in [-0.05, 0) is 51.5 Å². The quantitative estimate of drug-likeness (QED) is 0.518. The Hall–Kier alpha value is -2.25. The highest BCUT2D eigenvalue weighted by atomic mass is 32.2. The molecule has 0 nitrogen and oxygen atoms in total. The predicted octanol–water partition coefficient (Wildman–Crippen LogP) is 7.97. The lowest BCUT2D eigenvalue weighted by Gasteiger charge is -2.20. The van der Waals surface area contributed by atoms with Gasteiger partial charge in [-0.3, -0.25) is 0 Å². The molecule has 0 saturated carbocycles. The zero-order valence-electron chi connectivity index (χ0n) is 16.6. The molecule has 3 aliphatic rings. The van der Waals surface area contributed by atoms with Crippen molar-refractivity contribution in [3.05, 3.63) is 106 Å². The zero-order valence-corrected chi connectivity index (χ0v) is 17.4. The number of thioether (sulfide) groups is 1. The Labute approximate surface area is 172 Å². The Morgan fingerprint density at radius 3 is 2.54 bits per heavy atom. The van der Waals surface area contributed by atoms with Crippen LogP contribution in [0.15, 0.2) is 88.7 Å². The van der Waals surface area contributed by atoms with Crippen molar-refractivity contribution in [2.75, 3.05) is 0 Å². The summed E-state index contributed by atoms with van der Waals surface area (Å²) in [5, 5.41) is 0. The van der Waals surface area contributed by atoms with Gasteiger partial charge >= 0.3 is 0 Å². The van der Waals surface area contributed by atoms with Crippen LogP contribution in [0.25, 0.3) is 5.57 Å². The third-order valence-corrected chi connectivity index (χ3v) is 7.52. The SMILES string of the molecule is CC(C)c1ccc(C2=CCC(c3cccc4c3SC3=CC=CCC34)C=C2)cc1. The molecule has 28 heavy (non-hydrogen) atoms. The van der Waals surface area contributed by atoms with E-state index in [-0.39, 0.29) is 0 Å². The van der Waals surface area contributed by atoms with Crippen molar-refractivity contribution in [1.29, 1.82) is 0 Å². The molecular weight excluding hydrogens is 356 g/mol. The molecule has 0 spiro atoms. The fourth-order valence-corrected chi connectivity index (χ4v) is 5.91. The summed E-state index contributed by atoms with van der Waals surface area (Å²) in [6.45, 7) is 4.50. The van der Waals surface area contributed by atoms with E-state index in [1.54, 1.807) is 0 Å². The van der Waals surface area contributed by atoms with Crippen LogP contribution in [0.1, 0.15) is 66.7 Å². The molecule has 0 radical (unpaired) electrons. The van der Waals surface area contributed by atoms with Crippen LogP contribution in [0.3, 0.4) is 0 Å². The molecule has 2 aromatic carbocycles. The van der Waals surface area contributed by atoms with Gasteiger partial charge in [0.1, 0.15) is 0 Å². The average Bonchev–Trinajstić information content (AvgIpc) is 3.13. The van der Waals surface area contributed by atoms with Crippen LogP contribution in [-0.2, 0) is 0 Å². The van der Waals surface area contributed by atoms with Crippen LogP contribution < -0.4 is 0 Å². The van der Waals surface area contributed by atoms with E-state index in [1.165, 1.54) is 37.6 Å². The second-order valence-corrected chi connectivity index (χ2v) is 9.37. The molecule has 2 aliphatic carbocycles. The molecule has 140 valence electrons. The lowest BCUT2D eigenvalue weighted by Crippen LogP contribution is -2.02. The van der Waals surface area contributed by atoms with Crippen molar-refractivity contribution < 1.29 is 0 Å². The highest BCUT2D eigenvalue weighted by Crippen LogP contribution is 2.54. The van der Waals surface area contributed by atoms with Crippen molar-refractivity contribution >= 4 is 17.3 Å². The first-order valence-electron chi connectivity index (χ1n) is 10.4. The van der Waals surface area contributed by atoms with E-state index in [4.69, 9.17) is 0 Å². The van der Waals surface area contributed by atoms with Crippen LogP contribution in [0.2, 0.25) is 0 Å². The van der Waals surface area contributed by atoms with Crippen LogP contribution in [-0.4, -0.2) is 0 Å². The molecule has 0 aromatic heterocycles. The van der Waals surface area contributed by atoms with Gasteiger partial charge in [0.05, 0.1) is 0 Å². The summed E-state index contributed by atoms with van der Waals surface area (Å²) in [7, 11) is 0. The van der Waals surface area contributed by atoms with Gasteiger partial charge in [-0.1, -0.05) is 105 Å². The summed E-state index contributed by atoms with van der Waals surface area (Å²) in [5.74, 6) is 1.65. The van der Waals surface area contributed by atoms with Crippen LogP contribution in [0.4, 0.5) is 0 Å². The second-order valence-electron chi connectivity index (χ2n) is 8.29.